The first-order valence-electron chi connectivity index (χ1n) is 8.04. The van der Waals surface area contributed by atoms with Crippen molar-refractivity contribution in [1.82, 2.24) is 24.8 Å². The van der Waals surface area contributed by atoms with Crippen LogP contribution in [0.2, 0.25) is 0 Å². The summed E-state index contributed by atoms with van der Waals surface area (Å²) >= 11 is 2.77. The SMILES string of the molecule is O=C(Cn1nnn(-c2cccs2)c1=O)Nc1ncc(Cc2ccccc2)s1. The summed E-state index contributed by atoms with van der Waals surface area (Å²) in [5.41, 5.74) is 0.715. The number of carbonyl (C=O) groups excluding carboxylic acids is 1. The number of amides is 1. The molecular weight excluding hydrogens is 384 g/mol. The van der Waals surface area contributed by atoms with Crippen LogP contribution in [-0.4, -0.2) is 30.7 Å². The molecule has 4 rings (SSSR count). The number of anilines is 1. The number of carbonyl (C=O) groups is 1. The monoisotopic (exact) mass is 398 g/mol. The zero-order valence-corrected chi connectivity index (χ0v) is 15.6. The quantitative estimate of drug-likeness (QED) is 0.537. The molecule has 3 aromatic heterocycles. The van der Waals surface area contributed by atoms with Gasteiger partial charge in [-0.05, 0) is 33.5 Å². The molecule has 0 aliphatic rings. The van der Waals surface area contributed by atoms with E-state index >= 15 is 0 Å². The van der Waals surface area contributed by atoms with Gasteiger partial charge < -0.3 is 5.32 Å². The van der Waals surface area contributed by atoms with Gasteiger partial charge in [-0.15, -0.1) is 22.7 Å². The van der Waals surface area contributed by atoms with Gasteiger partial charge in [-0.2, -0.15) is 9.36 Å². The molecule has 4 aromatic rings. The normalized spacial score (nSPS) is 10.8. The lowest BCUT2D eigenvalue weighted by atomic mass is 10.1. The topological polar surface area (TPSA) is 94.7 Å². The van der Waals surface area contributed by atoms with Crippen LogP contribution in [0.1, 0.15) is 10.4 Å². The molecule has 10 heteroatoms. The van der Waals surface area contributed by atoms with E-state index in [1.165, 1.54) is 32.9 Å². The summed E-state index contributed by atoms with van der Waals surface area (Å²) in [6.07, 6.45) is 2.50. The molecule has 0 radical (unpaired) electrons. The van der Waals surface area contributed by atoms with Crippen molar-refractivity contribution in [3.63, 3.8) is 0 Å². The van der Waals surface area contributed by atoms with Gasteiger partial charge in [0.1, 0.15) is 11.5 Å². The van der Waals surface area contributed by atoms with E-state index in [0.29, 0.717) is 10.1 Å². The van der Waals surface area contributed by atoms with Gasteiger partial charge in [0.05, 0.1) is 0 Å². The Labute approximate surface area is 161 Å². The van der Waals surface area contributed by atoms with Crippen LogP contribution in [0.5, 0.6) is 0 Å². The van der Waals surface area contributed by atoms with E-state index in [9.17, 15) is 9.59 Å². The van der Waals surface area contributed by atoms with Gasteiger partial charge in [0, 0.05) is 17.5 Å². The fourth-order valence-corrected chi connectivity index (χ4v) is 3.97. The molecule has 0 spiro atoms. The number of aromatic nitrogens is 5. The molecule has 3 heterocycles. The zero-order valence-electron chi connectivity index (χ0n) is 14.0. The van der Waals surface area contributed by atoms with E-state index in [1.54, 1.807) is 12.3 Å². The fourth-order valence-electron chi connectivity index (χ4n) is 2.44. The first kappa shape index (κ1) is 17.3. The molecule has 0 atom stereocenters. The molecule has 136 valence electrons. The van der Waals surface area contributed by atoms with Crippen molar-refractivity contribution in [2.75, 3.05) is 5.32 Å². The van der Waals surface area contributed by atoms with Crippen LogP contribution >= 0.6 is 22.7 Å². The Hall–Kier alpha value is -3.11. The van der Waals surface area contributed by atoms with Crippen LogP contribution in [0.15, 0.2) is 58.8 Å². The number of nitrogens with one attached hydrogen (secondary N) is 1. The average Bonchev–Trinajstić information content (AvgIpc) is 3.40. The number of hydrogen-bond acceptors (Lipinski definition) is 7. The van der Waals surface area contributed by atoms with Gasteiger partial charge in [0.25, 0.3) is 0 Å². The highest BCUT2D eigenvalue weighted by Crippen LogP contribution is 2.21. The highest BCUT2D eigenvalue weighted by atomic mass is 32.1. The van der Waals surface area contributed by atoms with Crippen molar-refractivity contribution in [3.8, 4) is 5.00 Å². The average molecular weight is 398 g/mol. The third kappa shape index (κ3) is 4.01. The molecule has 1 amide bonds. The molecule has 0 fully saturated rings. The maximum atomic E-state index is 12.3. The summed E-state index contributed by atoms with van der Waals surface area (Å²) in [5, 5.41) is 13.2. The van der Waals surface area contributed by atoms with Crippen LogP contribution in [0.4, 0.5) is 5.13 Å². The lowest BCUT2D eigenvalue weighted by molar-refractivity contribution is -0.117. The molecule has 1 N–H and O–H groups in total. The maximum Gasteiger partial charge on any atom is 0.369 e. The Morgan fingerprint density at radius 1 is 1.11 bits per heavy atom. The van der Waals surface area contributed by atoms with E-state index in [0.717, 1.165) is 16.0 Å². The second-order valence-electron chi connectivity index (χ2n) is 5.62. The highest BCUT2D eigenvalue weighted by Gasteiger charge is 2.14. The van der Waals surface area contributed by atoms with E-state index in [1.807, 2.05) is 41.8 Å². The van der Waals surface area contributed by atoms with Crippen LogP contribution in [0, 0.1) is 0 Å². The molecule has 0 unspecified atom stereocenters. The summed E-state index contributed by atoms with van der Waals surface area (Å²) in [5.74, 6) is -0.379. The zero-order chi connectivity index (χ0) is 18.6. The summed E-state index contributed by atoms with van der Waals surface area (Å²) in [4.78, 5) is 29.8. The maximum absolute atomic E-state index is 12.3. The molecule has 0 saturated heterocycles. The minimum Gasteiger partial charge on any atom is -0.300 e. The number of hydrogen-bond donors (Lipinski definition) is 1. The van der Waals surface area contributed by atoms with E-state index in [-0.39, 0.29) is 12.5 Å². The van der Waals surface area contributed by atoms with Crippen molar-refractivity contribution >= 4 is 33.7 Å². The largest absolute Gasteiger partial charge is 0.369 e. The molecule has 27 heavy (non-hydrogen) atoms. The first-order chi connectivity index (χ1) is 13.2. The van der Waals surface area contributed by atoms with E-state index in [4.69, 9.17) is 0 Å². The van der Waals surface area contributed by atoms with Gasteiger partial charge in [0.15, 0.2) is 5.13 Å². The molecule has 1 aromatic carbocycles. The smallest absolute Gasteiger partial charge is 0.300 e. The molecular formula is C17H14N6O2S2. The number of thiophene rings is 1. The standard InChI is InChI=1S/C17H14N6O2S2/c24-14(11-22-17(25)23(21-20-22)15-7-4-8-26-15)19-16-18-10-13(27-16)9-12-5-2-1-3-6-12/h1-8,10H,9,11H2,(H,18,19,24). The second kappa shape index (κ2) is 7.64. The van der Waals surface area contributed by atoms with E-state index < -0.39 is 5.69 Å². The number of tetrazole rings is 1. The third-order valence-corrected chi connectivity index (χ3v) is 5.43. The van der Waals surface area contributed by atoms with Crippen LogP contribution in [0.25, 0.3) is 5.00 Å². The van der Waals surface area contributed by atoms with Crippen LogP contribution in [-0.2, 0) is 17.8 Å². The van der Waals surface area contributed by atoms with Crippen molar-refractivity contribution in [1.29, 1.82) is 0 Å². The van der Waals surface area contributed by atoms with Gasteiger partial charge >= 0.3 is 5.69 Å². The van der Waals surface area contributed by atoms with Crippen molar-refractivity contribution in [3.05, 3.63) is 75.0 Å². The van der Waals surface area contributed by atoms with Crippen molar-refractivity contribution in [2.45, 2.75) is 13.0 Å². The predicted molar refractivity (Wildman–Crippen MR) is 103 cm³/mol. The minimum atomic E-state index is -0.462. The Balaban J connectivity index is 1.40. The Morgan fingerprint density at radius 2 is 1.96 bits per heavy atom. The van der Waals surface area contributed by atoms with Gasteiger partial charge in [-0.3, -0.25) is 4.79 Å². The van der Waals surface area contributed by atoms with Gasteiger partial charge in [0.2, 0.25) is 5.91 Å². The Kier molecular flexibility index (Phi) is 4.90. The molecule has 0 aliphatic heterocycles. The van der Waals surface area contributed by atoms with Crippen LogP contribution in [0.3, 0.4) is 0 Å². The van der Waals surface area contributed by atoms with E-state index in [2.05, 4.69) is 20.7 Å². The highest BCUT2D eigenvalue weighted by molar-refractivity contribution is 7.15. The lowest BCUT2D eigenvalue weighted by Crippen LogP contribution is -2.29. The Morgan fingerprint density at radius 3 is 2.74 bits per heavy atom. The third-order valence-electron chi connectivity index (χ3n) is 3.67. The molecule has 0 saturated carbocycles. The molecule has 8 nitrogen and oxygen atoms in total. The lowest BCUT2D eigenvalue weighted by Gasteiger charge is -2.00. The molecule has 0 aliphatic carbocycles. The second-order valence-corrected chi connectivity index (χ2v) is 7.67. The summed E-state index contributed by atoms with van der Waals surface area (Å²) in [7, 11) is 0. The number of benzene rings is 1. The van der Waals surface area contributed by atoms with Crippen molar-refractivity contribution in [2.24, 2.45) is 0 Å². The van der Waals surface area contributed by atoms with Gasteiger partial charge in [-0.1, -0.05) is 30.3 Å². The summed E-state index contributed by atoms with van der Waals surface area (Å²) < 4.78 is 2.19. The summed E-state index contributed by atoms with van der Waals surface area (Å²) in [6.45, 7) is -0.224. The minimum absolute atomic E-state index is 0.224. The number of nitrogens with zero attached hydrogens (tertiary/aromatic N) is 5. The molecule has 0 bridgehead atoms. The summed E-state index contributed by atoms with van der Waals surface area (Å²) in [6, 6.07) is 13.6. The Bertz CT molecular complexity index is 1100. The number of thiazole rings is 1. The van der Waals surface area contributed by atoms with Gasteiger partial charge in [-0.25, -0.2) is 9.78 Å². The first-order valence-corrected chi connectivity index (χ1v) is 9.74. The fraction of sp³-hybridized carbons (Fsp3) is 0.118. The predicted octanol–water partition coefficient (Wildman–Crippen LogP) is 2.18. The number of rotatable bonds is 6. The van der Waals surface area contributed by atoms with Crippen molar-refractivity contribution < 1.29 is 4.79 Å². The van der Waals surface area contributed by atoms with Crippen LogP contribution < -0.4 is 11.0 Å².